The Morgan fingerprint density at radius 2 is 2.06 bits per heavy atom. The number of amides is 1. The minimum absolute atomic E-state index is 0.0880. The minimum Gasteiger partial charge on any atom is -0.383 e. The molecule has 0 fully saturated rings. The van der Waals surface area contributed by atoms with E-state index in [1.807, 2.05) is 6.92 Å². The van der Waals surface area contributed by atoms with Gasteiger partial charge in [-0.05, 0) is 31.2 Å². The van der Waals surface area contributed by atoms with Gasteiger partial charge in [0.1, 0.15) is 0 Å². The van der Waals surface area contributed by atoms with Crippen molar-refractivity contribution in [1.29, 1.82) is 0 Å². The van der Waals surface area contributed by atoms with Crippen LogP contribution in [0.1, 0.15) is 40.0 Å². The lowest BCUT2D eigenvalue weighted by atomic mass is 9.94. The average Bonchev–Trinajstić information content (AvgIpc) is 2.26. The van der Waals surface area contributed by atoms with Gasteiger partial charge in [-0.25, -0.2) is 0 Å². The molecule has 2 atom stereocenters. The maximum absolute atomic E-state index is 11.8. The molecule has 0 aliphatic carbocycles. The van der Waals surface area contributed by atoms with Crippen LogP contribution < -0.4 is 11.1 Å². The Labute approximate surface area is 105 Å². The van der Waals surface area contributed by atoms with E-state index in [0.717, 1.165) is 12.8 Å². The van der Waals surface area contributed by atoms with E-state index in [4.69, 9.17) is 10.5 Å². The van der Waals surface area contributed by atoms with Crippen LogP contribution in [0.15, 0.2) is 0 Å². The van der Waals surface area contributed by atoms with E-state index in [0.29, 0.717) is 25.5 Å². The van der Waals surface area contributed by atoms with Crippen LogP contribution in [0.2, 0.25) is 0 Å². The molecule has 0 heterocycles. The highest BCUT2D eigenvalue weighted by Gasteiger charge is 2.16. The summed E-state index contributed by atoms with van der Waals surface area (Å²) in [5.41, 5.74) is 5.69. The van der Waals surface area contributed by atoms with Crippen LogP contribution in [0, 0.1) is 11.8 Å². The molecule has 0 spiro atoms. The van der Waals surface area contributed by atoms with Crippen LogP contribution in [-0.2, 0) is 9.53 Å². The van der Waals surface area contributed by atoms with E-state index >= 15 is 0 Å². The van der Waals surface area contributed by atoms with Crippen LogP contribution in [0.5, 0.6) is 0 Å². The summed E-state index contributed by atoms with van der Waals surface area (Å²) < 4.78 is 5.05. The van der Waals surface area contributed by atoms with Gasteiger partial charge in [-0.15, -0.1) is 0 Å². The molecule has 0 rings (SSSR count). The zero-order valence-corrected chi connectivity index (χ0v) is 11.7. The Kier molecular flexibility index (Phi) is 9.09. The smallest absolute Gasteiger partial charge is 0.220 e. The summed E-state index contributed by atoms with van der Waals surface area (Å²) in [5.74, 6) is 0.956. The molecule has 0 aromatic carbocycles. The molecule has 0 saturated carbocycles. The van der Waals surface area contributed by atoms with Gasteiger partial charge < -0.3 is 15.8 Å². The third kappa shape index (κ3) is 8.16. The number of carbonyl (C=O) groups is 1. The lowest BCUT2D eigenvalue weighted by molar-refractivity contribution is -0.123. The third-order valence-corrected chi connectivity index (χ3v) is 2.84. The van der Waals surface area contributed by atoms with Gasteiger partial charge in [0.25, 0.3) is 0 Å². The highest BCUT2D eigenvalue weighted by Crippen LogP contribution is 2.14. The standard InChI is InChI=1S/C13H28N2O2/c1-5-12(9-17-4)15-13(16)7-11(8-14)6-10(2)3/h10-12H,5-9,14H2,1-4H3,(H,15,16). The summed E-state index contributed by atoms with van der Waals surface area (Å²) >= 11 is 0. The molecule has 0 radical (unpaired) electrons. The van der Waals surface area contributed by atoms with Gasteiger partial charge in [-0.1, -0.05) is 20.8 Å². The quantitative estimate of drug-likeness (QED) is 0.646. The molecule has 1 amide bonds. The Balaban J connectivity index is 4.04. The first-order valence-electron chi connectivity index (χ1n) is 6.51. The van der Waals surface area contributed by atoms with E-state index in [1.54, 1.807) is 7.11 Å². The first-order valence-corrected chi connectivity index (χ1v) is 6.51. The van der Waals surface area contributed by atoms with Crippen LogP contribution in [0.25, 0.3) is 0 Å². The Hall–Kier alpha value is -0.610. The third-order valence-electron chi connectivity index (χ3n) is 2.84. The average molecular weight is 244 g/mol. The maximum atomic E-state index is 11.8. The molecular weight excluding hydrogens is 216 g/mol. The lowest BCUT2D eigenvalue weighted by Gasteiger charge is -2.20. The van der Waals surface area contributed by atoms with Crippen molar-refractivity contribution in [2.75, 3.05) is 20.3 Å². The molecule has 3 N–H and O–H groups in total. The van der Waals surface area contributed by atoms with Gasteiger partial charge in [0, 0.05) is 13.5 Å². The number of nitrogens with two attached hydrogens (primary N) is 1. The van der Waals surface area contributed by atoms with Crippen molar-refractivity contribution in [2.24, 2.45) is 17.6 Å². The van der Waals surface area contributed by atoms with Gasteiger partial charge in [0.05, 0.1) is 12.6 Å². The molecule has 17 heavy (non-hydrogen) atoms. The molecule has 4 heteroatoms. The molecule has 0 aromatic rings. The number of rotatable bonds is 9. The number of nitrogens with one attached hydrogen (secondary N) is 1. The Morgan fingerprint density at radius 1 is 1.41 bits per heavy atom. The van der Waals surface area contributed by atoms with Crippen LogP contribution in [0.3, 0.4) is 0 Å². The van der Waals surface area contributed by atoms with E-state index in [-0.39, 0.29) is 17.9 Å². The molecule has 0 aliphatic heterocycles. The van der Waals surface area contributed by atoms with Gasteiger partial charge >= 0.3 is 0 Å². The van der Waals surface area contributed by atoms with Gasteiger partial charge in [-0.3, -0.25) is 4.79 Å². The van der Waals surface area contributed by atoms with E-state index in [2.05, 4.69) is 19.2 Å². The summed E-state index contributed by atoms with van der Waals surface area (Å²) in [5, 5.41) is 2.99. The van der Waals surface area contributed by atoms with Crippen molar-refractivity contribution in [3.8, 4) is 0 Å². The monoisotopic (exact) mass is 244 g/mol. The lowest BCUT2D eigenvalue weighted by Crippen LogP contribution is -2.39. The van der Waals surface area contributed by atoms with Crippen molar-refractivity contribution < 1.29 is 9.53 Å². The second-order valence-corrected chi connectivity index (χ2v) is 5.06. The topological polar surface area (TPSA) is 64.3 Å². The van der Waals surface area contributed by atoms with E-state index < -0.39 is 0 Å². The zero-order chi connectivity index (χ0) is 13.3. The molecule has 0 aliphatic rings. The van der Waals surface area contributed by atoms with E-state index in [1.165, 1.54) is 0 Å². The summed E-state index contributed by atoms with van der Waals surface area (Å²) in [4.78, 5) is 11.8. The predicted molar refractivity (Wildman–Crippen MR) is 70.7 cm³/mol. The number of methoxy groups -OCH3 is 1. The zero-order valence-electron chi connectivity index (χ0n) is 11.7. The fourth-order valence-corrected chi connectivity index (χ4v) is 1.94. The molecule has 0 bridgehead atoms. The molecule has 2 unspecified atom stereocenters. The van der Waals surface area contributed by atoms with Crippen molar-refractivity contribution in [3.05, 3.63) is 0 Å². The fourth-order valence-electron chi connectivity index (χ4n) is 1.94. The van der Waals surface area contributed by atoms with Crippen molar-refractivity contribution in [2.45, 2.75) is 46.1 Å². The molecule has 0 saturated heterocycles. The molecule has 0 aromatic heterocycles. The number of hydrogen-bond donors (Lipinski definition) is 2. The Morgan fingerprint density at radius 3 is 2.47 bits per heavy atom. The number of ether oxygens (including phenoxy) is 1. The normalized spacial score (nSPS) is 14.7. The number of hydrogen-bond acceptors (Lipinski definition) is 3. The first-order chi connectivity index (χ1) is 8.03. The summed E-state index contributed by atoms with van der Waals surface area (Å²) in [6.07, 6.45) is 2.41. The summed E-state index contributed by atoms with van der Waals surface area (Å²) in [6, 6.07) is 0.116. The van der Waals surface area contributed by atoms with Gasteiger partial charge in [0.2, 0.25) is 5.91 Å². The van der Waals surface area contributed by atoms with Crippen molar-refractivity contribution >= 4 is 5.91 Å². The summed E-state index contributed by atoms with van der Waals surface area (Å²) in [6.45, 7) is 7.49. The summed E-state index contributed by atoms with van der Waals surface area (Å²) in [7, 11) is 1.65. The predicted octanol–water partition coefficient (Wildman–Crippen LogP) is 1.54. The molecule has 4 nitrogen and oxygen atoms in total. The highest BCUT2D eigenvalue weighted by molar-refractivity contribution is 5.76. The van der Waals surface area contributed by atoms with Gasteiger partial charge in [-0.2, -0.15) is 0 Å². The highest BCUT2D eigenvalue weighted by atomic mass is 16.5. The second kappa shape index (κ2) is 9.42. The van der Waals surface area contributed by atoms with Crippen LogP contribution >= 0.6 is 0 Å². The minimum atomic E-state index is 0.0880. The SMILES string of the molecule is CCC(COC)NC(=O)CC(CN)CC(C)C. The second-order valence-electron chi connectivity index (χ2n) is 5.06. The van der Waals surface area contributed by atoms with Crippen molar-refractivity contribution in [3.63, 3.8) is 0 Å². The molecule has 102 valence electrons. The largest absolute Gasteiger partial charge is 0.383 e. The number of carbonyl (C=O) groups excluding carboxylic acids is 1. The van der Waals surface area contributed by atoms with Crippen molar-refractivity contribution in [1.82, 2.24) is 5.32 Å². The van der Waals surface area contributed by atoms with Crippen LogP contribution in [-0.4, -0.2) is 32.2 Å². The molecular formula is C13H28N2O2. The Bertz CT molecular complexity index is 208. The maximum Gasteiger partial charge on any atom is 0.220 e. The van der Waals surface area contributed by atoms with E-state index in [9.17, 15) is 4.79 Å². The fraction of sp³-hybridized carbons (Fsp3) is 0.923. The first kappa shape index (κ1) is 16.4. The van der Waals surface area contributed by atoms with Gasteiger partial charge in [0.15, 0.2) is 0 Å². The van der Waals surface area contributed by atoms with Crippen LogP contribution in [0.4, 0.5) is 0 Å².